The minimum absolute atomic E-state index is 0.0274. The lowest BCUT2D eigenvalue weighted by Gasteiger charge is -2.33. The van der Waals surface area contributed by atoms with Crippen LogP contribution in [0.2, 0.25) is 0 Å². The van der Waals surface area contributed by atoms with Crippen LogP contribution in [-0.2, 0) is 29.7 Å². The largest absolute Gasteiger partial charge is 0.439 e. The molecule has 2 aliphatic rings. The van der Waals surface area contributed by atoms with Gasteiger partial charge in [-0.1, -0.05) is 13.8 Å². The van der Waals surface area contributed by atoms with E-state index in [0.717, 1.165) is 47.2 Å². The molecule has 0 spiro atoms. The molecule has 196 valence electrons. The summed E-state index contributed by atoms with van der Waals surface area (Å²) in [7, 11) is 0. The molecule has 2 aliphatic heterocycles. The average Bonchev–Trinajstić information content (AvgIpc) is 3.48. The van der Waals surface area contributed by atoms with Gasteiger partial charge in [0, 0.05) is 53.8 Å². The summed E-state index contributed by atoms with van der Waals surface area (Å²) in [6.45, 7) is 9.32. The average molecular weight is 514 g/mol. The van der Waals surface area contributed by atoms with Crippen LogP contribution in [-0.4, -0.2) is 47.2 Å². The van der Waals surface area contributed by atoms with Gasteiger partial charge in [-0.25, -0.2) is 14.8 Å². The normalized spacial score (nSPS) is 18.1. The fraction of sp³-hybridized carbons (Fsp3) is 0.393. The highest BCUT2D eigenvalue weighted by atomic mass is 16.5. The molecule has 10 nitrogen and oxygen atoms in total. The Hall–Kier alpha value is -4.21. The Morgan fingerprint density at radius 1 is 1.16 bits per heavy atom. The van der Waals surface area contributed by atoms with Crippen molar-refractivity contribution in [2.24, 2.45) is 0 Å². The highest BCUT2D eigenvalue weighted by molar-refractivity contribution is 5.98. The lowest BCUT2D eigenvalue weighted by Crippen LogP contribution is -2.41. The molecule has 5 heterocycles. The molecule has 10 heteroatoms. The molecular weight excluding hydrogens is 482 g/mol. The van der Waals surface area contributed by atoms with Crippen molar-refractivity contribution in [3.05, 3.63) is 59.8 Å². The number of fused-ring (bicyclic) bond motifs is 3. The zero-order valence-electron chi connectivity index (χ0n) is 22.1. The Morgan fingerprint density at radius 2 is 2.00 bits per heavy atom. The van der Waals surface area contributed by atoms with Crippen molar-refractivity contribution < 1.29 is 14.3 Å². The Labute approximate surface area is 220 Å². The number of aromatic nitrogens is 5. The monoisotopic (exact) mass is 513 g/mol. The molecule has 1 unspecified atom stereocenters. The van der Waals surface area contributed by atoms with E-state index in [9.17, 15) is 9.59 Å². The van der Waals surface area contributed by atoms with E-state index in [0.29, 0.717) is 30.4 Å². The van der Waals surface area contributed by atoms with Crippen molar-refractivity contribution in [2.75, 3.05) is 5.32 Å². The molecule has 6 rings (SSSR count). The fourth-order valence-corrected chi connectivity index (χ4v) is 5.64. The summed E-state index contributed by atoms with van der Waals surface area (Å²) in [5, 5.41) is 8.42. The molecular formula is C28H31N7O3. The van der Waals surface area contributed by atoms with Gasteiger partial charge in [0.1, 0.15) is 12.1 Å². The number of carbonyl (C=O) groups is 2. The molecule has 0 bridgehead atoms. The number of aryl methyl sites for hydroxylation is 1. The van der Waals surface area contributed by atoms with Crippen molar-refractivity contribution >= 4 is 28.7 Å². The maximum atomic E-state index is 13.1. The zero-order chi connectivity index (χ0) is 26.6. The number of hydrogen-bond acceptors (Lipinski definition) is 6. The van der Waals surface area contributed by atoms with Gasteiger partial charge >= 0.3 is 6.03 Å². The maximum absolute atomic E-state index is 13.1. The maximum Gasteiger partial charge on any atom is 0.331 e. The van der Waals surface area contributed by atoms with Gasteiger partial charge in [0.15, 0.2) is 5.82 Å². The Balaban J connectivity index is 1.22. The van der Waals surface area contributed by atoms with Gasteiger partial charge in [0.05, 0.1) is 17.8 Å². The highest BCUT2D eigenvalue weighted by Crippen LogP contribution is 2.35. The van der Waals surface area contributed by atoms with Gasteiger partial charge in [0.25, 0.3) is 0 Å². The molecule has 1 N–H and O–H groups in total. The van der Waals surface area contributed by atoms with Crippen molar-refractivity contribution in [2.45, 2.75) is 71.5 Å². The molecule has 0 saturated carbocycles. The summed E-state index contributed by atoms with van der Waals surface area (Å²) in [5.74, 6) is 1.70. The lowest BCUT2D eigenvalue weighted by atomic mass is 9.82. The third kappa shape index (κ3) is 4.19. The minimum Gasteiger partial charge on any atom is -0.439 e. The summed E-state index contributed by atoms with van der Waals surface area (Å²) >= 11 is 0. The smallest absolute Gasteiger partial charge is 0.331 e. The van der Waals surface area contributed by atoms with Crippen molar-refractivity contribution in [3.8, 4) is 11.6 Å². The highest BCUT2D eigenvalue weighted by Gasteiger charge is 2.30. The van der Waals surface area contributed by atoms with Crippen LogP contribution in [0, 0.1) is 0 Å². The first-order valence-electron chi connectivity index (χ1n) is 13.0. The molecule has 0 fully saturated rings. The van der Waals surface area contributed by atoms with E-state index in [4.69, 9.17) is 4.74 Å². The van der Waals surface area contributed by atoms with E-state index in [1.54, 1.807) is 22.6 Å². The van der Waals surface area contributed by atoms with Crippen LogP contribution in [0.3, 0.4) is 0 Å². The second-order valence-electron chi connectivity index (χ2n) is 10.9. The molecule has 4 aromatic rings. The molecule has 0 saturated heterocycles. The third-order valence-electron chi connectivity index (χ3n) is 7.73. The van der Waals surface area contributed by atoms with E-state index in [1.165, 1.54) is 6.33 Å². The number of rotatable bonds is 3. The molecule has 1 atom stereocenters. The van der Waals surface area contributed by atoms with Crippen LogP contribution in [0.15, 0.2) is 42.9 Å². The number of benzene rings is 1. The number of hydrogen-bond donors (Lipinski definition) is 1. The topological polar surface area (TPSA) is 107 Å². The van der Waals surface area contributed by atoms with Gasteiger partial charge < -0.3 is 9.64 Å². The number of ether oxygens (including phenoxy) is 1. The zero-order valence-corrected chi connectivity index (χ0v) is 22.1. The Morgan fingerprint density at radius 3 is 2.79 bits per heavy atom. The van der Waals surface area contributed by atoms with Gasteiger partial charge in [-0.2, -0.15) is 5.10 Å². The fourth-order valence-electron chi connectivity index (χ4n) is 5.64. The van der Waals surface area contributed by atoms with Crippen LogP contribution in [0.4, 0.5) is 10.6 Å². The van der Waals surface area contributed by atoms with Crippen molar-refractivity contribution in [1.82, 2.24) is 29.2 Å². The van der Waals surface area contributed by atoms with Gasteiger partial charge in [-0.15, -0.1) is 0 Å². The van der Waals surface area contributed by atoms with E-state index < -0.39 is 0 Å². The first-order valence-corrected chi connectivity index (χ1v) is 13.0. The number of nitrogens with one attached hydrogen (secondary N) is 1. The standard InChI is InChI=1S/C28H31N7O3/c1-17-12-21-22(15-34(17)18(2)36)29-16-30-26(21)38-20-6-7-23-19(13-20)8-11-33(23)27(37)31-25-14-24-28(3,4)9-5-10-35(24)32-25/h6-8,11,13-14,16-17H,5,9-10,12,15H2,1-4H3,(H,31,32,37). The Kier molecular flexibility index (Phi) is 5.70. The number of amides is 2. The summed E-state index contributed by atoms with van der Waals surface area (Å²) in [6, 6.07) is 9.20. The van der Waals surface area contributed by atoms with E-state index >= 15 is 0 Å². The lowest BCUT2D eigenvalue weighted by molar-refractivity contribution is -0.132. The summed E-state index contributed by atoms with van der Waals surface area (Å²) in [4.78, 5) is 35.7. The van der Waals surface area contributed by atoms with Crippen LogP contribution in [0.25, 0.3) is 10.9 Å². The molecule has 38 heavy (non-hydrogen) atoms. The third-order valence-corrected chi connectivity index (χ3v) is 7.73. The number of carbonyl (C=O) groups excluding carboxylic acids is 2. The molecule has 2 amide bonds. The first-order chi connectivity index (χ1) is 18.2. The number of nitrogens with zero attached hydrogens (tertiary/aromatic N) is 6. The molecule has 1 aromatic carbocycles. The minimum atomic E-state index is -0.268. The predicted octanol–water partition coefficient (Wildman–Crippen LogP) is 4.86. The van der Waals surface area contributed by atoms with E-state index in [2.05, 4.69) is 34.2 Å². The van der Waals surface area contributed by atoms with Crippen LogP contribution >= 0.6 is 0 Å². The molecule has 0 radical (unpaired) electrons. The quantitative estimate of drug-likeness (QED) is 0.419. The second-order valence-corrected chi connectivity index (χ2v) is 10.9. The van der Waals surface area contributed by atoms with Gasteiger partial charge in [-0.05, 0) is 50.5 Å². The summed E-state index contributed by atoms with van der Waals surface area (Å²) in [6.07, 6.45) is 6.02. The SMILES string of the molecule is CC(=O)N1Cc2ncnc(Oc3ccc4c(ccn4C(=O)Nc4cc5n(n4)CCCC5(C)C)c3)c2CC1C. The van der Waals surface area contributed by atoms with Gasteiger partial charge in [-0.3, -0.25) is 19.4 Å². The van der Waals surface area contributed by atoms with E-state index in [1.807, 2.05) is 41.9 Å². The van der Waals surface area contributed by atoms with Crippen molar-refractivity contribution in [1.29, 1.82) is 0 Å². The summed E-state index contributed by atoms with van der Waals surface area (Å²) < 4.78 is 9.76. The van der Waals surface area contributed by atoms with Crippen molar-refractivity contribution in [3.63, 3.8) is 0 Å². The molecule has 3 aromatic heterocycles. The Bertz CT molecular complexity index is 1570. The molecule has 0 aliphatic carbocycles. The first kappa shape index (κ1) is 24.1. The predicted molar refractivity (Wildman–Crippen MR) is 142 cm³/mol. The van der Waals surface area contributed by atoms with Crippen LogP contribution in [0.5, 0.6) is 11.6 Å². The van der Waals surface area contributed by atoms with Crippen LogP contribution < -0.4 is 10.1 Å². The number of anilines is 1. The van der Waals surface area contributed by atoms with E-state index in [-0.39, 0.29) is 23.4 Å². The summed E-state index contributed by atoms with van der Waals surface area (Å²) in [5.41, 5.74) is 3.67. The van der Waals surface area contributed by atoms with Gasteiger partial charge in [0.2, 0.25) is 11.8 Å². The van der Waals surface area contributed by atoms with Crippen LogP contribution in [0.1, 0.15) is 57.5 Å². The second kappa shape index (κ2) is 8.97.